The van der Waals surface area contributed by atoms with E-state index in [0.29, 0.717) is 14.6 Å². The van der Waals surface area contributed by atoms with Gasteiger partial charge < -0.3 is 10.1 Å². The van der Waals surface area contributed by atoms with Crippen LogP contribution in [-0.4, -0.2) is 18.5 Å². The van der Waals surface area contributed by atoms with E-state index in [1.165, 1.54) is 12.1 Å². The lowest BCUT2D eigenvalue weighted by molar-refractivity contribution is -0.138. The highest BCUT2D eigenvalue weighted by molar-refractivity contribution is 9.11. The van der Waals surface area contributed by atoms with Gasteiger partial charge in [-0.05, 0) is 68.6 Å². The maximum absolute atomic E-state index is 12.9. The number of nitrogens with one attached hydrogen (secondary N) is 1. The fourth-order valence-corrected chi connectivity index (χ4v) is 3.73. The van der Waals surface area contributed by atoms with E-state index in [2.05, 4.69) is 37.2 Å². The first-order chi connectivity index (χ1) is 12.1. The molecule has 9 heteroatoms. The van der Waals surface area contributed by atoms with Gasteiger partial charge in [0.05, 0.1) is 16.8 Å². The van der Waals surface area contributed by atoms with E-state index in [-0.39, 0.29) is 0 Å². The van der Waals surface area contributed by atoms with Crippen molar-refractivity contribution >= 4 is 49.4 Å². The number of alkyl halides is 3. The Morgan fingerprint density at radius 1 is 1.12 bits per heavy atom. The van der Waals surface area contributed by atoms with Gasteiger partial charge in [0, 0.05) is 8.95 Å². The van der Waals surface area contributed by atoms with Crippen LogP contribution in [0.15, 0.2) is 45.3 Å². The van der Waals surface area contributed by atoms with Crippen LogP contribution in [-0.2, 0) is 15.7 Å². The summed E-state index contributed by atoms with van der Waals surface area (Å²) in [5.74, 6) is -1.91. The van der Waals surface area contributed by atoms with Crippen molar-refractivity contribution < 1.29 is 27.5 Å². The summed E-state index contributed by atoms with van der Waals surface area (Å²) in [7, 11) is 0. The van der Waals surface area contributed by atoms with Crippen molar-refractivity contribution in [2.45, 2.75) is 13.1 Å². The second kappa shape index (κ2) is 8.22. The summed E-state index contributed by atoms with van der Waals surface area (Å²) >= 11 is 6.59. The minimum Gasteiger partial charge on any atom is -0.452 e. The van der Waals surface area contributed by atoms with Crippen LogP contribution in [0.2, 0.25) is 0 Å². The van der Waals surface area contributed by atoms with Crippen LogP contribution < -0.4 is 5.32 Å². The average Bonchev–Trinajstić information content (AvgIpc) is 2.55. The maximum atomic E-state index is 12.9. The summed E-state index contributed by atoms with van der Waals surface area (Å²) in [4.78, 5) is 23.9. The molecule has 0 atom stereocenters. The van der Waals surface area contributed by atoms with E-state index in [9.17, 15) is 22.8 Å². The molecule has 138 valence electrons. The lowest BCUT2D eigenvalue weighted by Gasteiger charge is -2.13. The van der Waals surface area contributed by atoms with E-state index < -0.39 is 35.8 Å². The molecule has 0 aromatic heterocycles. The van der Waals surface area contributed by atoms with Gasteiger partial charge in [0.15, 0.2) is 6.61 Å². The van der Waals surface area contributed by atoms with Crippen molar-refractivity contribution in [3.63, 3.8) is 0 Å². The van der Waals surface area contributed by atoms with Gasteiger partial charge in [-0.15, -0.1) is 0 Å². The predicted molar refractivity (Wildman–Crippen MR) is 96.9 cm³/mol. The molecule has 1 amide bonds. The average molecular weight is 495 g/mol. The highest BCUT2D eigenvalue weighted by atomic mass is 79.9. The fraction of sp³-hybridized carbons (Fsp3) is 0.176. The van der Waals surface area contributed by atoms with Gasteiger partial charge in [0.25, 0.3) is 5.91 Å². The van der Waals surface area contributed by atoms with Crippen LogP contribution in [0.5, 0.6) is 0 Å². The molecule has 2 aromatic carbocycles. The molecule has 1 N–H and O–H groups in total. The third-order valence-corrected chi connectivity index (χ3v) is 4.49. The first-order valence-electron chi connectivity index (χ1n) is 7.18. The number of anilines is 1. The van der Waals surface area contributed by atoms with Crippen molar-refractivity contribution in [1.82, 2.24) is 0 Å². The molecule has 0 heterocycles. The zero-order valence-corrected chi connectivity index (χ0v) is 16.5. The Hall–Kier alpha value is -1.87. The normalized spacial score (nSPS) is 11.2. The Labute approximate surface area is 164 Å². The number of ether oxygens (including phenoxy) is 1. The van der Waals surface area contributed by atoms with Gasteiger partial charge in [-0.25, -0.2) is 4.79 Å². The van der Waals surface area contributed by atoms with E-state index in [1.807, 2.05) is 6.92 Å². The lowest BCUT2D eigenvalue weighted by Crippen LogP contribution is -2.22. The maximum Gasteiger partial charge on any atom is 0.417 e. The number of carbonyl (C=O) groups excluding carboxylic acids is 2. The van der Waals surface area contributed by atoms with Crippen molar-refractivity contribution in [3.8, 4) is 0 Å². The van der Waals surface area contributed by atoms with Crippen molar-refractivity contribution in [2.75, 3.05) is 11.9 Å². The van der Waals surface area contributed by atoms with E-state index in [0.717, 1.165) is 17.7 Å². The van der Waals surface area contributed by atoms with Crippen LogP contribution in [0, 0.1) is 6.92 Å². The van der Waals surface area contributed by atoms with Gasteiger partial charge in [-0.2, -0.15) is 13.2 Å². The van der Waals surface area contributed by atoms with E-state index in [1.54, 1.807) is 12.1 Å². The Kier molecular flexibility index (Phi) is 6.46. The van der Waals surface area contributed by atoms with Crippen LogP contribution in [0.3, 0.4) is 0 Å². The Morgan fingerprint density at radius 3 is 2.27 bits per heavy atom. The molecule has 0 radical (unpaired) electrons. The molecule has 0 fully saturated rings. The van der Waals surface area contributed by atoms with Gasteiger partial charge in [-0.1, -0.05) is 12.1 Å². The summed E-state index contributed by atoms with van der Waals surface area (Å²) in [5.41, 5.74) is -0.399. The van der Waals surface area contributed by atoms with Crippen LogP contribution >= 0.6 is 31.9 Å². The molecule has 0 saturated heterocycles. The highest BCUT2D eigenvalue weighted by Gasteiger charge is 2.35. The quantitative estimate of drug-likeness (QED) is 0.584. The number of esters is 1. The lowest BCUT2D eigenvalue weighted by atomic mass is 10.1. The van der Waals surface area contributed by atoms with E-state index in [4.69, 9.17) is 4.74 Å². The zero-order valence-electron chi connectivity index (χ0n) is 13.3. The van der Waals surface area contributed by atoms with Gasteiger partial charge in [0.2, 0.25) is 0 Å². The van der Waals surface area contributed by atoms with Crippen molar-refractivity contribution in [2.24, 2.45) is 0 Å². The number of rotatable bonds is 4. The third-order valence-electron chi connectivity index (χ3n) is 3.24. The molecule has 0 unspecified atom stereocenters. The second-order valence-electron chi connectivity index (χ2n) is 5.27. The minimum atomic E-state index is -4.70. The standard InChI is InChI=1S/C17H12Br2F3NO3/c1-9-6-12(18)15(13(19)7-9)23-14(24)8-26-16(25)10-4-2-3-5-11(10)17(20,21)22/h2-7H,8H2,1H3,(H,23,24). The largest absolute Gasteiger partial charge is 0.452 e. The van der Waals surface area contributed by atoms with Gasteiger partial charge >= 0.3 is 12.1 Å². The Morgan fingerprint density at radius 2 is 1.69 bits per heavy atom. The molecule has 2 aromatic rings. The molecule has 2 rings (SSSR count). The molecule has 0 bridgehead atoms. The molecule has 0 spiro atoms. The summed E-state index contributed by atoms with van der Waals surface area (Å²) in [5, 5.41) is 2.53. The van der Waals surface area contributed by atoms with Gasteiger partial charge in [-0.3, -0.25) is 4.79 Å². The molecule has 0 aliphatic heterocycles. The SMILES string of the molecule is Cc1cc(Br)c(NC(=O)COC(=O)c2ccccc2C(F)(F)F)c(Br)c1. The zero-order chi connectivity index (χ0) is 19.5. The summed E-state index contributed by atoms with van der Waals surface area (Å²) in [6.45, 7) is 1.14. The third kappa shape index (κ3) is 5.07. The monoisotopic (exact) mass is 493 g/mol. The number of halogens is 5. The fourth-order valence-electron chi connectivity index (χ4n) is 2.11. The number of aryl methyl sites for hydroxylation is 1. The second-order valence-corrected chi connectivity index (χ2v) is 6.98. The first kappa shape index (κ1) is 20.4. The predicted octanol–water partition coefficient (Wildman–Crippen LogP) is 5.33. The highest BCUT2D eigenvalue weighted by Crippen LogP contribution is 2.33. The minimum absolute atomic E-state index is 0.423. The van der Waals surface area contributed by atoms with Gasteiger partial charge in [0.1, 0.15) is 0 Å². The number of benzene rings is 2. The number of carbonyl (C=O) groups is 2. The van der Waals surface area contributed by atoms with Crippen molar-refractivity contribution in [3.05, 3.63) is 62.0 Å². The van der Waals surface area contributed by atoms with Crippen molar-refractivity contribution in [1.29, 1.82) is 0 Å². The van der Waals surface area contributed by atoms with Crippen LogP contribution in [0.4, 0.5) is 18.9 Å². The smallest absolute Gasteiger partial charge is 0.417 e. The Balaban J connectivity index is 2.06. The summed E-state index contributed by atoms with van der Waals surface area (Å²) in [6.07, 6.45) is -4.70. The summed E-state index contributed by atoms with van der Waals surface area (Å²) in [6, 6.07) is 7.76. The molecule has 4 nitrogen and oxygen atoms in total. The Bertz CT molecular complexity index is 830. The number of hydrogen-bond donors (Lipinski definition) is 1. The molecule has 0 aliphatic rings. The first-order valence-corrected chi connectivity index (χ1v) is 8.77. The number of amides is 1. The van der Waals surface area contributed by atoms with Crippen LogP contribution in [0.25, 0.3) is 0 Å². The molecule has 0 aliphatic carbocycles. The molecular weight excluding hydrogens is 483 g/mol. The molecular formula is C17H12Br2F3NO3. The molecule has 26 heavy (non-hydrogen) atoms. The molecule has 0 saturated carbocycles. The van der Waals surface area contributed by atoms with E-state index >= 15 is 0 Å². The topological polar surface area (TPSA) is 55.4 Å². The van der Waals surface area contributed by atoms with Crippen LogP contribution in [0.1, 0.15) is 21.5 Å². The number of hydrogen-bond acceptors (Lipinski definition) is 3. The summed E-state index contributed by atoms with van der Waals surface area (Å²) < 4.78 is 44.7.